The molecule has 0 aliphatic carbocycles. The molecule has 0 spiro atoms. The number of methoxy groups -OCH3 is 1. The Morgan fingerprint density at radius 1 is 1.20 bits per heavy atom. The van der Waals surface area contributed by atoms with E-state index >= 15 is 0 Å². The van der Waals surface area contributed by atoms with E-state index in [1.54, 1.807) is 31.0 Å². The van der Waals surface area contributed by atoms with Crippen LogP contribution in [0, 0.1) is 6.92 Å². The van der Waals surface area contributed by atoms with Gasteiger partial charge in [-0.25, -0.2) is 9.67 Å². The van der Waals surface area contributed by atoms with Crippen LogP contribution in [0.25, 0.3) is 5.69 Å². The van der Waals surface area contributed by atoms with Crippen molar-refractivity contribution >= 4 is 41.1 Å². The van der Waals surface area contributed by atoms with Crippen molar-refractivity contribution in [3.63, 3.8) is 0 Å². The summed E-state index contributed by atoms with van der Waals surface area (Å²) >= 11 is 12.5. The van der Waals surface area contributed by atoms with Gasteiger partial charge in [0.2, 0.25) is 0 Å². The number of phenolic OH excluding ortho intramolecular Hbond substituents is 1. The van der Waals surface area contributed by atoms with Crippen LogP contribution < -0.4 is 4.74 Å². The minimum absolute atomic E-state index is 0.0216. The summed E-state index contributed by atoms with van der Waals surface area (Å²) in [6.45, 7) is 1.93. The van der Waals surface area contributed by atoms with Gasteiger partial charge in [-0.15, -0.1) is 0 Å². The number of alkyl halides is 3. The van der Waals surface area contributed by atoms with Crippen LogP contribution in [0.4, 0.5) is 19.0 Å². The summed E-state index contributed by atoms with van der Waals surface area (Å²) in [5, 5.41) is 17.8. The number of hydrogen-bond acceptors (Lipinski definition) is 7. The minimum atomic E-state index is -4.63. The van der Waals surface area contributed by atoms with Crippen LogP contribution in [0.1, 0.15) is 22.4 Å². The highest BCUT2D eigenvalue weighted by atomic mass is 35.5. The highest BCUT2D eigenvalue weighted by molar-refractivity contribution is 6.38. The van der Waals surface area contributed by atoms with Gasteiger partial charge >= 0.3 is 6.18 Å². The zero-order valence-corrected chi connectivity index (χ0v) is 20.1. The van der Waals surface area contributed by atoms with Gasteiger partial charge in [0.15, 0.2) is 29.9 Å². The van der Waals surface area contributed by atoms with Gasteiger partial charge < -0.3 is 19.6 Å². The van der Waals surface area contributed by atoms with Crippen LogP contribution in [-0.4, -0.2) is 52.7 Å². The first-order valence-corrected chi connectivity index (χ1v) is 10.8. The first-order chi connectivity index (χ1) is 16.5. The maximum absolute atomic E-state index is 13.2. The molecule has 4 rings (SSSR count). The summed E-state index contributed by atoms with van der Waals surface area (Å²) in [7, 11) is 3.16. The number of oxime groups is 1. The number of phenols is 1. The SMILES string of the molecule is COc1cc(C=Nc2c(C)c(C3=NOCN3C)nn2-c2c(Cl)cc(C(F)(F)F)cc2Cl)ccc1O. The molecule has 1 N–H and O–H groups in total. The number of halogens is 5. The molecule has 0 atom stereocenters. The second-order valence-electron chi connectivity index (χ2n) is 7.56. The molecule has 0 radical (unpaired) electrons. The summed E-state index contributed by atoms with van der Waals surface area (Å²) < 4.78 is 46.1. The van der Waals surface area contributed by atoms with Crippen LogP contribution in [0.2, 0.25) is 10.0 Å². The molecule has 0 saturated carbocycles. The van der Waals surface area contributed by atoms with Gasteiger partial charge in [-0.05, 0) is 42.8 Å². The molecule has 35 heavy (non-hydrogen) atoms. The molecule has 13 heteroatoms. The topological polar surface area (TPSA) is 84.5 Å². The molecule has 1 aliphatic rings. The predicted octanol–water partition coefficient (Wildman–Crippen LogP) is 5.55. The molecule has 0 fully saturated rings. The van der Waals surface area contributed by atoms with Gasteiger partial charge in [-0.1, -0.05) is 28.4 Å². The lowest BCUT2D eigenvalue weighted by Gasteiger charge is -2.13. The van der Waals surface area contributed by atoms with Gasteiger partial charge in [0.25, 0.3) is 0 Å². The molecule has 1 aliphatic heterocycles. The molecule has 0 unspecified atom stereocenters. The van der Waals surface area contributed by atoms with Gasteiger partial charge in [0.05, 0.1) is 22.7 Å². The third-order valence-electron chi connectivity index (χ3n) is 5.16. The summed E-state index contributed by atoms with van der Waals surface area (Å²) in [5.41, 5.74) is 0.544. The molecular weight excluding hydrogens is 510 g/mol. The quantitative estimate of drug-likeness (QED) is 0.439. The second-order valence-corrected chi connectivity index (χ2v) is 8.37. The summed E-state index contributed by atoms with van der Waals surface area (Å²) in [6, 6.07) is 6.18. The van der Waals surface area contributed by atoms with E-state index in [0.717, 1.165) is 12.1 Å². The van der Waals surface area contributed by atoms with E-state index in [2.05, 4.69) is 15.2 Å². The fraction of sp³-hybridized carbons (Fsp3) is 0.227. The van der Waals surface area contributed by atoms with E-state index in [1.807, 2.05) is 0 Å². The van der Waals surface area contributed by atoms with E-state index in [-0.39, 0.29) is 39.8 Å². The Morgan fingerprint density at radius 3 is 2.46 bits per heavy atom. The van der Waals surface area contributed by atoms with E-state index in [0.29, 0.717) is 22.7 Å². The van der Waals surface area contributed by atoms with Crippen molar-refractivity contribution in [3.8, 4) is 17.2 Å². The van der Waals surface area contributed by atoms with Gasteiger partial charge in [0, 0.05) is 18.8 Å². The number of amidine groups is 1. The summed E-state index contributed by atoms with van der Waals surface area (Å²) in [6.07, 6.45) is -3.15. The van der Waals surface area contributed by atoms with Crippen molar-refractivity contribution in [1.29, 1.82) is 0 Å². The monoisotopic (exact) mass is 527 g/mol. The lowest BCUT2D eigenvalue weighted by molar-refractivity contribution is -0.137. The molecule has 0 bridgehead atoms. The number of rotatable bonds is 5. The van der Waals surface area contributed by atoms with Crippen molar-refractivity contribution < 1.29 is 27.9 Å². The Labute approximate surface area is 207 Å². The molecule has 1 aromatic heterocycles. The van der Waals surface area contributed by atoms with Crippen LogP contribution >= 0.6 is 23.2 Å². The van der Waals surface area contributed by atoms with Crippen LogP contribution in [0.3, 0.4) is 0 Å². The number of hydrogen-bond donors (Lipinski definition) is 1. The number of nitrogens with zero attached hydrogens (tertiary/aromatic N) is 5. The number of aromatic nitrogens is 2. The standard InChI is InChI=1S/C22H18Cl2F3N5O3/c1-11-18(21-30-35-10-31(21)2)29-32(19-14(23)7-13(8-15(19)24)22(25,26)27)20(11)28-9-12-4-5-16(33)17(6-12)34-3/h4-9,33H,10H2,1-3H3. The van der Waals surface area contributed by atoms with E-state index in [1.165, 1.54) is 24.1 Å². The Balaban J connectivity index is 1.89. The zero-order valence-electron chi connectivity index (χ0n) is 18.6. The van der Waals surface area contributed by atoms with Crippen LogP contribution in [0.5, 0.6) is 11.5 Å². The lowest BCUT2D eigenvalue weighted by atomic mass is 10.2. The van der Waals surface area contributed by atoms with Crippen LogP contribution in [0.15, 0.2) is 40.5 Å². The van der Waals surface area contributed by atoms with E-state index in [4.69, 9.17) is 32.8 Å². The molecule has 3 aromatic rings. The Kier molecular flexibility index (Phi) is 6.56. The fourth-order valence-electron chi connectivity index (χ4n) is 3.38. The first kappa shape index (κ1) is 24.7. The van der Waals surface area contributed by atoms with Gasteiger partial charge in [-0.3, -0.25) is 0 Å². The molecule has 0 saturated heterocycles. The lowest BCUT2D eigenvalue weighted by Crippen LogP contribution is -2.24. The second kappa shape index (κ2) is 9.31. The highest BCUT2D eigenvalue weighted by Crippen LogP contribution is 2.40. The average molecular weight is 528 g/mol. The summed E-state index contributed by atoms with van der Waals surface area (Å²) in [4.78, 5) is 11.3. The number of ether oxygens (including phenoxy) is 1. The highest BCUT2D eigenvalue weighted by Gasteiger charge is 2.33. The molecule has 2 aromatic carbocycles. The van der Waals surface area contributed by atoms with Gasteiger partial charge in [0.1, 0.15) is 11.4 Å². The molecule has 2 heterocycles. The van der Waals surface area contributed by atoms with Gasteiger partial charge in [-0.2, -0.15) is 18.3 Å². The Morgan fingerprint density at radius 2 is 1.89 bits per heavy atom. The third kappa shape index (κ3) is 4.73. The number of benzene rings is 2. The Bertz CT molecular complexity index is 1330. The summed E-state index contributed by atoms with van der Waals surface area (Å²) in [5.74, 6) is 0.855. The molecular formula is C22H18Cl2F3N5O3. The van der Waals surface area contributed by atoms with Crippen molar-refractivity contribution in [2.75, 3.05) is 20.9 Å². The molecule has 184 valence electrons. The first-order valence-electron chi connectivity index (χ1n) is 10.00. The normalized spacial score (nSPS) is 13.9. The van der Waals surface area contributed by atoms with E-state index < -0.39 is 11.7 Å². The van der Waals surface area contributed by atoms with E-state index in [9.17, 15) is 18.3 Å². The average Bonchev–Trinajstić information content (AvgIpc) is 3.34. The molecule has 0 amide bonds. The van der Waals surface area contributed by atoms with Crippen molar-refractivity contribution in [3.05, 3.63) is 62.8 Å². The van der Waals surface area contributed by atoms with Crippen molar-refractivity contribution in [2.45, 2.75) is 13.1 Å². The predicted molar refractivity (Wildman–Crippen MR) is 125 cm³/mol. The third-order valence-corrected chi connectivity index (χ3v) is 5.74. The number of aromatic hydroxyl groups is 1. The largest absolute Gasteiger partial charge is 0.504 e. The van der Waals surface area contributed by atoms with Crippen LogP contribution in [-0.2, 0) is 11.0 Å². The van der Waals surface area contributed by atoms with Crippen molar-refractivity contribution in [2.24, 2.45) is 10.1 Å². The fourth-order valence-corrected chi connectivity index (χ4v) is 4.03. The van der Waals surface area contributed by atoms with Crippen molar-refractivity contribution in [1.82, 2.24) is 14.7 Å². The maximum atomic E-state index is 13.2. The maximum Gasteiger partial charge on any atom is 0.416 e. The minimum Gasteiger partial charge on any atom is -0.504 e. The molecule has 8 nitrogen and oxygen atoms in total. The number of aliphatic imine (C=N–C) groups is 1. The smallest absolute Gasteiger partial charge is 0.416 e. The zero-order chi connectivity index (χ0) is 25.5. The Hall–Kier alpha value is -3.44.